The molecule has 0 aliphatic rings. The Hall–Kier alpha value is -4.60. The Bertz CT molecular complexity index is 1370. The van der Waals surface area contributed by atoms with E-state index in [1.165, 1.54) is 32.6 Å². The van der Waals surface area contributed by atoms with Crippen LogP contribution in [0.1, 0.15) is 0 Å². The largest absolute Gasteiger partial charge is 0.264 e. The van der Waals surface area contributed by atoms with E-state index in [4.69, 9.17) is 0 Å². The number of hydrogen-bond acceptors (Lipinski definition) is 2. The first kappa shape index (κ1) is 24.1. The van der Waals surface area contributed by atoms with E-state index in [1.54, 1.807) is 12.4 Å². The highest BCUT2D eigenvalue weighted by Crippen LogP contribution is 2.18. The quantitative estimate of drug-likeness (QED) is 0.248. The van der Waals surface area contributed by atoms with Crippen molar-refractivity contribution < 1.29 is 0 Å². The van der Waals surface area contributed by atoms with Gasteiger partial charge in [-0.1, -0.05) is 132 Å². The predicted octanol–water partition coefficient (Wildman–Crippen LogP) is 6.82. The third kappa shape index (κ3) is 6.75. The lowest BCUT2D eigenvalue weighted by Gasteiger charge is -2.05. The zero-order valence-electron chi connectivity index (χ0n) is 20.4. The van der Waals surface area contributed by atoms with E-state index in [0.29, 0.717) is 9.52 Å². The lowest BCUT2D eigenvalue weighted by Crippen LogP contribution is -2.26. The van der Waals surface area contributed by atoms with Gasteiger partial charge in [0.25, 0.3) is 0 Å². The summed E-state index contributed by atoms with van der Waals surface area (Å²) in [4.78, 5) is 8.36. The van der Waals surface area contributed by atoms with Gasteiger partial charge in [0.15, 0.2) is 0 Å². The third-order valence-corrected chi connectivity index (χ3v) is 7.17. The van der Waals surface area contributed by atoms with Crippen molar-refractivity contribution in [3.05, 3.63) is 158 Å². The molecule has 176 valence electrons. The van der Waals surface area contributed by atoms with Gasteiger partial charge in [-0.05, 0) is 45.5 Å². The van der Waals surface area contributed by atoms with E-state index in [2.05, 4.69) is 119 Å². The molecule has 0 unspecified atom stereocenters. The summed E-state index contributed by atoms with van der Waals surface area (Å²) in [5.74, 6) is 0. The molecule has 0 bridgehead atoms. The van der Waals surface area contributed by atoms with Crippen molar-refractivity contribution in [3.63, 3.8) is 0 Å². The molecule has 2 nitrogen and oxygen atoms in total. The standard InChI is InChI=1S/C22H16N2Si.C12H10/c1-3-19(15-23-13-1)17-5-9-21(10-6-17)25-22-11-7-18(8-12-22)20-4-2-14-24-16-20;1-3-7-11(8-4-1)12-9-5-2-6-10-12/h1-16H;1-10H. The van der Waals surface area contributed by atoms with Gasteiger partial charge in [-0.3, -0.25) is 9.97 Å². The molecular formula is C34H26N2Si. The molecule has 0 spiro atoms. The van der Waals surface area contributed by atoms with Crippen molar-refractivity contribution in [1.29, 1.82) is 0 Å². The SMILES string of the molecule is c1ccc(-c2ccccc2)cc1.c1cncc(-c2ccc([Si]c3ccc(-c4cccnc4)cc3)cc2)c1. The van der Waals surface area contributed by atoms with Crippen LogP contribution in [-0.4, -0.2) is 19.5 Å². The molecule has 4 aromatic carbocycles. The number of pyridine rings is 2. The van der Waals surface area contributed by atoms with Crippen LogP contribution in [0.2, 0.25) is 0 Å². The summed E-state index contributed by atoms with van der Waals surface area (Å²) in [5.41, 5.74) is 7.26. The van der Waals surface area contributed by atoms with Crippen LogP contribution in [0.15, 0.2) is 158 Å². The van der Waals surface area contributed by atoms with Gasteiger partial charge in [-0.2, -0.15) is 0 Å². The molecule has 2 heterocycles. The maximum atomic E-state index is 4.18. The van der Waals surface area contributed by atoms with Crippen LogP contribution in [0.3, 0.4) is 0 Å². The Labute approximate surface area is 221 Å². The van der Waals surface area contributed by atoms with Crippen LogP contribution >= 0.6 is 0 Å². The summed E-state index contributed by atoms with van der Waals surface area (Å²) in [6, 6.07) is 46.4. The summed E-state index contributed by atoms with van der Waals surface area (Å²) < 4.78 is 0. The fraction of sp³-hybridized carbons (Fsp3) is 0. The predicted molar refractivity (Wildman–Crippen MR) is 156 cm³/mol. The molecule has 0 saturated carbocycles. The van der Waals surface area contributed by atoms with Crippen molar-refractivity contribution in [2.45, 2.75) is 0 Å². The Morgan fingerprint density at radius 3 is 1.03 bits per heavy atom. The highest BCUT2D eigenvalue weighted by atomic mass is 28.2. The first-order chi connectivity index (χ1) is 18.3. The molecule has 2 aromatic heterocycles. The molecule has 37 heavy (non-hydrogen) atoms. The minimum Gasteiger partial charge on any atom is -0.264 e. The molecule has 2 radical (unpaired) electrons. The lowest BCUT2D eigenvalue weighted by molar-refractivity contribution is 1.33. The Morgan fingerprint density at radius 1 is 0.324 bits per heavy atom. The Balaban J connectivity index is 0.000000195. The third-order valence-electron chi connectivity index (χ3n) is 5.93. The molecule has 6 rings (SSSR count). The monoisotopic (exact) mass is 490 g/mol. The molecule has 6 aromatic rings. The van der Waals surface area contributed by atoms with Crippen LogP contribution in [0.25, 0.3) is 33.4 Å². The second-order valence-corrected chi connectivity index (χ2v) is 9.90. The van der Waals surface area contributed by atoms with Gasteiger partial charge >= 0.3 is 0 Å². The first-order valence-electron chi connectivity index (χ1n) is 12.2. The molecule has 0 aliphatic heterocycles. The average Bonchev–Trinajstić information content (AvgIpc) is 3.00. The van der Waals surface area contributed by atoms with Crippen molar-refractivity contribution >= 4 is 19.9 Å². The van der Waals surface area contributed by atoms with Gasteiger partial charge in [0.2, 0.25) is 0 Å². The zero-order valence-corrected chi connectivity index (χ0v) is 21.4. The van der Waals surface area contributed by atoms with Gasteiger partial charge < -0.3 is 0 Å². The van der Waals surface area contributed by atoms with Crippen LogP contribution < -0.4 is 10.4 Å². The Kier molecular flexibility index (Phi) is 8.07. The number of aromatic nitrogens is 2. The van der Waals surface area contributed by atoms with Crippen molar-refractivity contribution in [3.8, 4) is 33.4 Å². The zero-order chi connectivity index (χ0) is 25.1. The molecular weight excluding hydrogens is 464 g/mol. The minimum absolute atomic E-state index is 0.654. The first-order valence-corrected chi connectivity index (χ1v) is 13.2. The number of hydrogen-bond donors (Lipinski definition) is 0. The van der Waals surface area contributed by atoms with Crippen LogP contribution in [0.4, 0.5) is 0 Å². The summed E-state index contributed by atoms with van der Waals surface area (Å²) in [7, 11) is 0.654. The highest BCUT2D eigenvalue weighted by molar-refractivity contribution is 6.67. The Morgan fingerprint density at radius 2 is 0.676 bits per heavy atom. The summed E-state index contributed by atoms with van der Waals surface area (Å²) in [6.07, 6.45) is 7.39. The summed E-state index contributed by atoms with van der Waals surface area (Å²) >= 11 is 0. The maximum absolute atomic E-state index is 4.18. The average molecular weight is 491 g/mol. The normalized spacial score (nSPS) is 10.3. The van der Waals surface area contributed by atoms with Crippen LogP contribution in [0, 0.1) is 0 Å². The van der Waals surface area contributed by atoms with Crippen LogP contribution in [-0.2, 0) is 0 Å². The van der Waals surface area contributed by atoms with E-state index < -0.39 is 0 Å². The van der Waals surface area contributed by atoms with E-state index in [0.717, 1.165) is 11.1 Å². The lowest BCUT2D eigenvalue weighted by atomic mass is 10.1. The summed E-state index contributed by atoms with van der Waals surface area (Å²) in [5, 5.41) is 2.67. The van der Waals surface area contributed by atoms with Crippen molar-refractivity contribution in [2.24, 2.45) is 0 Å². The molecule has 0 N–H and O–H groups in total. The highest BCUT2D eigenvalue weighted by Gasteiger charge is 2.02. The van der Waals surface area contributed by atoms with Gasteiger partial charge in [0.1, 0.15) is 9.52 Å². The van der Waals surface area contributed by atoms with Crippen molar-refractivity contribution in [2.75, 3.05) is 0 Å². The molecule has 0 aliphatic carbocycles. The smallest absolute Gasteiger partial charge is 0.121 e. The number of nitrogens with zero attached hydrogens (tertiary/aromatic N) is 2. The second-order valence-electron chi connectivity index (χ2n) is 8.50. The van der Waals surface area contributed by atoms with Gasteiger partial charge in [0, 0.05) is 24.8 Å². The second kappa shape index (κ2) is 12.4. The van der Waals surface area contributed by atoms with E-state index in [-0.39, 0.29) is 0 Å². The number of rotatable bonds is 5. The maximum Gasteiger partial charge on any atom is 0.121 e. The van der Waals surface area contributed by atoms with Crippen molar-refractivity contribution in [1.82, 2.24) is 9.97 Å². The van der Waals surface area contributed by atoms with Gasteiger partial charge in [-0.15, -0.1) is 0 Å². The topological polar surface area (TPSA) is 25.8 Å². The molecule has 0 amide bonds. The molecule has 0 saturated heterocycles. The van der Waals surface area contributed by atoms with Gasteiger partial charge in [0.05, 0.1) is 0 Å². The molecule has 0 fully saturated rings. The van der Waals surface area contributed by atoms with E-state index >= 15 is 0 Å². The van der Waals surface area contributed by atoms with Gasteiger partial charge in [-0.25, -0.2) is 0 Å². The molecule has 3 heteroatoms. The number of benzene rings is 4. The van der Waals surface area contributed by atoms with E-state index in [1.807, 2.05) is 36.7 Å². The van der Waals surface area contributed by atoms with E-state index in [9.17, 15) is 0 Å². The molecule has 0 atom stereocenters. The van der Waals surface area contributed by atoms with Crippen LogP contribution in [0.5, 0.6) is 0 Å². The fourth-order valence-corrected chi connectivity index (χ4v) is 4.99. The minimum atomic E-state index is 0.654. The fourth-order valence-electron chi connectivity index (χ4n) is 3.99. The summed E-state index contributed by atoms with van der Waals surface area (Å²) in [6.45, 7) is 0.